The predicted octanol–water partition coefficient (Wildman–Crippen LogP) is 3.49. The smallest absolute Gasteiger partial charge is 0.325 e. The highest BCUT2D eigenvalue weighted by molar-refractivity contribution is 6.36. The van der Waals surface area contributed by atoms with Crippen LogP contribution in [0.25, 0.3) is 10.8 Å². The first-order chi connectivity index (χ1) is 8.63. The quantitative estimate of drug-likeness (QED) is 0.795. The van der Waals surface area contributed by atoms with Gasteiger partial charge in [0.05, 0.1) is 0 Å². The highest BCUT2D eigenvalue weighted by atomic mass is 35.5. The van der Waals surface area contributed by atoms with E-state index in [2.05, 4.69) is 18.2 Å². The molecule has 2 aromatic rings. The molecule has 0 unspecified atom stereocenters. The molecule has 0 aliphatic heterocycles. The number of carbonyl (C=O) groups is 1. The van der Waals surface area contributed by atoms with Crippen molar-refractivity contribution >= 4 is 28.3 Å². The van der Waals surface area contributed by atoms with Crippen molar-refractivity contribution in [1.82, 2.24) is 0 Å². The molecule has 2 aliphatic carbocycles. The van der Waals surface area contributed by atoms with E-state index in [1.807, 2.05) is 18.2 Å². The normalized spacial score (nSPS) is 32.1. The van der Waals surface area contributed by atoms with Crippen molar-refractivity contribution in [1.29, 1.82) is 0 Å². The van der Waals surface area contributed by atoms with Gasteiger partial charge in [-0.3, -0.25) is 4.79 Å². The van der Waals surface area contributed by atoms with Gasteiger partial charge in [0.2, 0.25) is 0 Å². The van der Waals surface area contributed by atoms with Gasteiger partial charge < -0.3 is 5.11 Å². The van der Waals surface area contributed by atoms with Crippen molar-refractivity contribution < 1.29 is 9.90 Å². The van der Waals surface area contributed by atoms with Gasteiger partial charge >= 0.3 is 5.97 Å². The van der Waals surface area contributed by atoms with Crippen LogP contribution in [-0.4, -0.2) is 16.0 Å². The van der Waals surface area contributed by atoms with Gasteiger partial charge in [0, 0.05) is 5.92 Å². The Morgan fingerprint density at radius 2 is 1.89 bits per heavy atom. The number of aliphatic carboxylic acids is 1. The molecule has 3 heteroatoms. The fourth-order valence-corrected chi connectivity index (χ4v) is 4.10. The number of halogens is 1. The Balaban J connectivity index is 2.01. The summed E-state index contributed by atoms with van der Waals surface area (Å²) < 4.78 is 0. The molecule has 1 N–H and O–H groups in total. The van der Waals surface area contributed by atoms with Crippen LogP contribution in [0, 0.1) is 0 Å². The van der Waals surface area contributed by atoms with E-state index in [0.717, 1.165) is 5.56 Å². The van der Waals surface area contributed by atoms with Gasteiger partial charge in [-0.25, -0.2) is 0 Å². The molecular formula is C15H11ClO2. The first-order valence-corrected chi connectivity index (χ1v) is 6.44. The molecule has 0 aromatic heterocycles. The summed E-state index contributed by atoms with van der Waals surface area (Å²) in [6.07, 6.45) is 0.530. The molecule has 3 atom stereocenters. The van der Waals surface area contributed by atoms with Gasteiger partial charge in [-0.2, -0.15) is 0 Å². The summed E-state index contributed by atoms with van der Waals surface area (Å²) in [7, 11) is 0. The zero-order valence-electron chi connectivity index (χ0n) is 9.56. The molecule has 2 aromatic carbocycles. The van der Waals surface area contributed by atoms with E-state index in [-0.39, 0.29) is 11.8 Å². The monoisotopic (exact) mass is 258 g/mol. The van der Waals surface area contributed by atoms with Gasteiger partial charge in [0.15, 0.2) is 0 Å². The maximum atomic E-state index is 11.4. The molecule has 0 spiro atoms. The molecule has 1 saturated carbocycles. The van der Waals surface area contributed by atoms with Crippen molar-refractivity contribution in [2.45, 2.75) is 23.1 Å². The third-order valence-corrected chi connectivity index (χ3v) is 5.02. The largest absolute Gasteiger partial charge is 0.480 e. The third kappa shape index (κ3) is 0.989. The minimum atomic E-state index is -1.11. The fraction of sp³-hybridized carbons (Fsp3) is 0.267. The predicted molar refractivity (Wildman–Crippen MR) is 70.3 cm³/mol. The van der Waals surface area contributed by atoms with Crippen LogP contribution in [0.15, 0.2) is 36.4 Å². The summed E-state index contributed by atoms with van der Waals surface area (Å²) in [4.78, 5) is 10.3. The Morgan fingerprint density at radius 3 is 2.56 bits per heavy atom. The number of hydrogen-bond donors (Lipinski definition) is 1. The SMILES string of the molecule is O=C(O)[C@]1(Cl)C[C@H]2c3cccc4cccc(c34)[C@H]21. The van der Waals surface area contributed by atoms with Crippen LogP contribution >= 0.6 is 11.6 Å². The molecule has 0 heterocycles. The van der Waals surface area contributed by atoms with Crippen LogP contribution in [0.2, 0.25) is 0 Å². The molecule has 90 valence electrons. The standard InChI is InChI=1S/C15H11ClO2/c16-15(14(17)18)7-11-9-5-1-3-8-4-2-6-10(12(8)9)13(11)15/h1-6,11,13H,7H2,(H,17,18)/t11-,13+,15-/m0/s1. The molecule has 1 fully saturated rings. The highest BCUT2D eigenvalue weighted by Crippen LogP contribution is 2.65. The number of alkyl halides is 1. The summed E-state index contributed by atoms with van der Waals surface area (Å²) in [5.41, 5.74) is 2.38. The minimum absolute atomic E-state index is 0.0715. The van der Waals surface area contributed by atoms with Crippen molar-refractivity contribution in [2.24, 2.45) is 0 Å². The summed E-state index contributed by atoms with van der Waals surface area (Å²) in [5, 5.41) is 11.7. The number of carboxylic acids is 1. The van der Waals surface area contributed by atoms with E-state index in [1.54, 1.807) is 0 Å². The number of fused-ring (bicyclic) bond motifs is 3. The topological polar surface area (TPSA) is 37.3 Å². The number of benzene rings is 2. The maximum absolute atomic E-state index is 11.4. The molecule has 0 amide bonds. The summed E-state index contributed by atoms with van der Waals surface area (Å²) >= 11 is 6.32. The van der Waals surface area contributed by atoms with Gasteiger partial charge in [0.25, 0.3) is 0 Å². The number of hydrogen-bond acceptors (Lipinski definition) is 1. The van der Waals surface area contributed by atoms with Gasteiger partial charge in [-0.05, 0) is 34.2 Å². The van der Waals surface area contributed by atoms with Crippen LogP contribution in [0.4, 0.5) is 0 Å². The zero-order chi connectivity index (χ0) is 12.5. The van der Waals surface area contributed by atoms with Crippen molar-refractivity contribution in [3.63, 3.8) is 0 Å². The van der Waals surface area contributed by atoms with E-state index >= 15 is 0 Å². The molecule has 0 bridgehead atoms. The summed E-state index contributed by atoms with van der Waals surface area (Å²) in [5.74, 6) is -0.687. The van der Waals surface area contributed by atoms with E-state index in [0.29, 0.717) is 6.42 Å². The van der Waals surface area contributed by atoms with Crippen molar-refractivity contribution in [2.75, 3.05) is 0 Å². The zero-order valence-corrected chi connectivity index (χ0v) is 10.3. The van der Waals surface area contributed by atoms with Crippen LogP contribution in [-0.2, 0) is 4.79 Å². The van der Waals surface area contributed by atoms with Crippen LogP contribution in [0.3, 0.4) is 0 Å². The first kappa shape index (κ1) is 10.4. The summed E-state index contributed by atoms with van der Waals surface area (Å²) in [6, 6.07) is 12.3. The highest BCUT2D eigenvalue weighted by Gasteiger charge is 2.62. The lowest BCUT2D eigenvalue weighted by atomic mass is 9.63. The Labute approximate surface area is 109 Å². The Hall–Kier alpha value is -1.54. The number of carboxylic acid groups (broad SMARTS) is 1. The molecule has 18 heavy (non-hydrogen) atoms. The molecule has 0 radical (unpaired) electrons. The van der Waals surface area contributed by atoms with Crippen LogP contribution in [0.1, 0.15) is 29.4 Å². The lowest BCUT2D eigenvalue weighted by Crippen LogP contribution is -2.50. The molecule has 2 aliphatic rings. The first-order valence-electron chi connectivity index (χ1n) is 6.07. The lowest BCUT2D eigenvalue weighted by Gasteiger charge is -2.45. The second kappa shape index (κ2) is 3.07. The van der Waals surface area contributed by atoms with Crippen LogP contribution in [0.5, 0.6) is 0 Å². The molecular weight excluding hydrogens is 248 g/mol. The van der Waals surface area contributed by atoms with E-state index in [1.165, 1.54) is 16.3 Å². The van der Waals surface area contributed by atoms with Gasteiger partial charge in [0.1, 0.15) is 4.87 Å². The van der Waals surface area contributed by atoms with Gasteiger partial charge in [-0.15, -0.1) is 11.6 Å². The third-order valence-electron chi connectivity index (χ3n) is 4.47. The average molecular weight is 259 g/mol. The van der Waals surface area contributed by atoms with Crippen molar-refractivity contribution in [3.05, 3.63) is 47.5 Å². The second-order valence-corrected chi connectivity index (χ2v) is 5.92. The maximum Gasteiger partial charge on any atom is 0.325 e. The molecule has 2 nitrogen and oxygen atoms in total. The summed E-state index contributed by atoms with van der Waals surface area (Å²) in [6.45, 7) is 0. The van der Waals surface area contributed by atoms with E-state index in [4.69, 9.17) is 11.6 Å². The minimum Gasteiger partial charge on any atom is -0.480 e. The van der Waals surface area contributed by atoms with Crippen LogP contribution < -0.4 is 0 Å². The molecule has 0 saturated heterocycles. The van der Waals surface area contributed by atoms with E-state index < -0.39 is 10.8 Å². The number of rotatable bonds is 1. The van der Waals surface area contributed by atoms with Crippen molar-refractivity contribution in [3.8, 4) is 0 Å². The average Bonchev–Trinajstić information content (AvgIpc) is 2.60. The Kier molecular flexibility index (Phi) is 1.77. The Bertz CT molecular complexity index is 689. The van der Waals surface area contributed by atoms with Gasteiger partial charge in [-0.1, -0.05) is 36.4 Å². The fourth-order valence-electron chi connectivity index (χ4n) is 3.66. The second-order valence-electron chi connectivity index (χ2n) is 5.25. The molecule has 4 rings (SSSR count). The van der Waals surface area contributed by atoms with E-state index in [9.17, 15) is 9.90 Å². The Morgan fingerprint density at radius 1 is 1.22 bits per heavy atom. The lowest BCUT2D eigenvalue weighted by molar-refractivity contribution is -0.144.